The molecule has 5 heteroatoms. The lowest BCUT2D eigenvalue weighted by atomic mass is 10.0. The average Bonchev–Trinajstić information content (AvgIpc) is 2.12. The molecule has 0 spiro atoms. The summed E-state index contributed by atoms with van der Waals surface area (Å²) in [6, 6.07) is 1.02. The van der Waals surface area contributed by atoms with E-state index < -0.39 is 29.0 Å². The number of carbonyl (C=O) groups excluding carboxylic acids is 1. The first-order valence-corrected chi connectivity index (χ1v) is 4.26. The van der Waals surface area contributed by atoms with Crippen molar-refractivity contribution in [2.45, 2.75) is 13.0 Å². The molecule has 0 aliphatic heterocycles. The number of hydrogen-bond donors (Lipinski definition) is 1. The monoisotopic (exact) mass is 219 g/mol. The fourth-order valence-corrected chi connectivity index (χ4v) is 1.14. The maximum absolute atomic E-state index is 13.2. The van der Waals surface area contributed by atoms with Crippen molar-refractivity contribution in [3.05, 3.63) is 34.4 Å². The van der Waals surface area contributed by atoms with E-state index in [-0.39, 0.29) is 5.02 Å². The summed E-state index contributed by atoms with van der Waals surface area (Å²) in [5.74, 6) is -2.81. The molecule has 1 atom stereocenters. The number of Topliss-reactive ketones (excluding diaryl/α,β-unsaturated/α-hetero) is 1. The molecule has 0 heterocycles. The Hall–Kier alpha value is -1.000. The highest BCUT2D eigenvalue weighted by Gasteiger charge is 2.22. The molecule has 1 rings (SSSR count). The number of nitrogens with two attached hydrogens (primary N) is 1. The molecule has 0 aliphatic carbocycles. The molecule has 1 aromatic carbocycles. The van der Waals surface area contributed by atoms with Crippen molar-refractivity contribution >= 4 is 17.4 Å². The number of carbonyl (C=O) groups is 1. The van der Waals surface area contributed by atoms with Crippen LogP contribution in [0.3, 0.4) is 0 Å². The maximum atomic E-state index is 13.2. The van der Waals surface area contributed by atoms with Gasteiger partial charge in [0, 0.05) is 0 Å². The van der Waals surface area contributed by atoms with Crippen molar-refractivity contribution in [1.82, 2.24) is 0 Å². The van der Waals surface area contributed by atoms with Crippen LogP contribution in [0.15, 0.2) is 12.1 Å². The van der Waals surface area contributed by atoms with Crippen LogP contribution in [0.2, 0.25) is 5.02 Å². The van der Waals surface area contributed by atoms with Gasteiger partial charge in [-0.15, -0.1) is 0 Å². The summed E-state index contributed by atoms with van der Waals surface area (Å²) in [6.45, 7) is 1.35. The van der Waals surface area contributed by atoms with Crippen LogP contribution in [-0.2, 0) is 0 Å². The molecule has 0 saturated heterocycles. The fourth-order valence-electron chi connectivity index (χ4n) is 0.981. The maximum Gasteiger partial charge on any atom is 0.185 e. The molecule has 0 fully saturated rings. The Labute approximate surface area is 84.7 Å². The van der Waals surface area contributed by atoms with Gasteiger partial charge in [0.15, 0.2) is 11.6 Å². The smallest absolute Gasteiger partial charge is 0.185 e. The van der Waals surface area contributed by atoms with Gasteiger partial charge in [0.1, 0.15) is 5.82 Å². The molecular weight excluding hydrogens is 212 g/mol. The molecule has 2 nitrogen and oxygen atoms in total. The second kappa shape index (κ2) is 4.02. The summed E-state index contributed by atoms with van der Waals surface area (Å²) in [5, 5.41) is -0.296. The predicted molar refractivity (Wildman–Crippen MR) is 49.3 cm³/mol. The summed E-state index contributed by atoms with van der Waals surface area (Å²) in [7, 11) is 0. The Balaban J connectivity index is 3.33. The largest absolute Gasteiger partial charge is 0.321 e. The van der Waals surface area contributed by atoms with E-state index in [1.54, 1.807) is 0 Å². The number of hydrogen-bond acceptors (Lipinski definition) is 2. The second-order valence-electron chi connectivity index (χ2n) is 2.87. The van der Waals surface area contributed by atoms with Crippen LogP contribution in [0.5, 0.6) is 0 Å². The predicted octanol–water partition coefficient (Wildman–Crippen LogP) is 2.15. The van der Waals surface area contributed by atoms with E-state index in [0.717, 1.165) is 12.1 Å². The molecule has 14 heavy (non-hydrogen) atoms. The molecule has 0 bridgehead atoms. The quantitative estimate of drug-likeness (QED) is 0.612. The molecule has 1 aromatic rings. The minimum absolute atomic E-state index is 0.296. The van der Waals surface area contributed by atoms with Gasteiger partial charge in [0.2, 0.25) is 0 Å². The van der Waals surface area contributed by atoms with Crippen LogP contribution in [-0.4, -0.2) is 11.8 Å². The van der Waals surface area contributed by atoms with Crippen LogP contribution in [0, 0.1) is 11.6 Å². The zero-order valence-corrected chi connectivity index (χ0v) is 8.11. The van der Waals surface area contributed by atoms with E-state index >= 15 is 0 Å². The van der Waals surface area contributed by atoms with Crippen LogP contribution in [0.25, 0.3) is 0 Å². The van der Waals surface area contributed by atoms with E-state index in [9.17, 15) is 13.6 Å². The highest BCUT2D eigenvalue weighted by atomic mass is 35.5. The topological polar surface area (TPSA) is 43.1 Å². The Morgan fingerprint density at radius 1 is 1.50 bits per heavy atom. The van der Waals surface area contributed by atoms with Crippen molar-refractivity contribution in [2.24, 2.45) is 5.73 Å². The van der Waals surface area contributed by atoms with Gasteiger partial charge < -0.3 is 5.73 Å². The van der Waals surface area contributed by atoms with E-state index in [1.807, 2.05) is 0 Å². The molecule has 0 amide bonds. The molecule has 0 aromatic heterocycles. The van der Waals surface area contributed by atoms with Gasteiger partial charge in [0.05, 0.1) is 16.6 Å². The molecule has 1 unspecified atom stereocenters. The first-order valence-electron chi connectivity index (χ1n) is 3.88. The molecular formula is C9H8ClF2NO. The molecule has 0 radical (unpaired) electrons. The number of ketones is 1. The third-order valence-corrected chi connectivity index (χ3v) is 2.00. The normalized spacial score (nSPS) is 12.6. The number of rotatable bonds is 2. The third-order valence-electron chi connectivity index (χ3n) is 1.70. The zero-order valence-electron chi connectivity index (χ0n) is 7.35. The second-order valence-corrected chi connectivity index (χ2v) is 3.28. The average molecular weight is 220 g/mol. The molecule has 76 valence electrons. The Bertz CT molecular complexity index is 379. The van der Waals surface area contributed by atoms with Gasteiger partial charge in [-0.3, -0.25) is 4.79 Å². The van der Waals surface area contributed by atoms with E-state index in [1.165, 1.54) is 6.92 Å². The minimum atomic E-state index is -1.06. The standard InChI is InChI=1S/C9H8ClF2NO/c1-4(13)9(14)7-6(11)3-2-5(10)8(7)12/h2-4H,13H2,1H3. The Morgan fingerprint density at radius 2 is 2.07 bits per heavy atom. The minimum Gasteiger partial charge on any atom is -0.321 e. The first-order chi connectivity index (χ1) is 6.45. The number of halogens is 3. The van der Waals surface area contributed by atoms with Crippen molar-refractivity contribution in [2.75, 3.05) is 0 Å². The van der Waals surface area contributed by atoms with E-state index in [4.69, 9.17) is 17.3 Å². The van der Waals surface area contributed by atoms with E-state index in [2.05, 4.69) is 0 Å². The molecule has 0 saturated carbocycles. The van der Waals surface area contributed by atoms with Gasteiger partial charge >= 0.3 is 0 Å². The summed E-state index contributed by atoms with van der Waals surface area (Å²) in [6.07, 6.45) is 0. The van der Waals surface area contributed by atoms with Gasteiger partial charge in [-0.1, -0.05) is 11.6 Å². The first kappa shape index (κ1) is 11.1. The van der Waals surface area contributed by atoms with Gasteiger partial charge in [-0.05, 0) is 19.1 Å². The van der Waals surface area contributed by atoms with Crippen molar-refractivity contribution in [1.29, 1.82) is 0 Å². The molecule has 0 aliphatic rings. The van der Waals surface area contributed by atoms with Crippen molar-refractivity contribution < 1.29 is 13.6 Å². The lowest BCUT2D eigenvalue weighted by Gasteiger charge is -2.07. The van der Waals surface area contributed by atoms with Gasteiger partial charge in [-0.2, -0.15) is 0 Å². The zero-order chi connectivity index (χ0) is 10.9. The van der Waals surface area contributed by atoms with Crippen molar-refractivity contribution in [3.8, 4) is 0 Å². The van der Waals surface area contributed by atoms with E-state index in [0.29, 0.717) is 0 Å². The summed E-state index contributed by atoms with van der Waals surface area (Å²) >= 11 is 5.40. The van der Waals surface area contributed by atoms with Crippen LogP contribution >= 0.6 is 11.6 Å². The molecule has 2 N–H and O–H groups in total. The number of benzene rings is 1. The van der Waals surface area contributed by atoms with Crippen molar-refractivity contribution in [3.63, 3.8) is 0 Å². The van der Waals surface area contributed by atoms with Gasteiger partial charge in [-0.25, -0.2) is 8.78 Å². The highest BCUT2D eigenvalue weighted by Crippen LogP contribution is 2.21. The SMILES string of the molecule is CC(N)C(=O)c1c(F)ccc(Cl)c1F. The summed E-state index contributed by atoms with van der Waals surface area (Å²) in [4.78, 5) is 11.3. The third kappa shape index (κ3) is 1.91. The van der Waals surface area contributed by atoms with Crippen LogP contribution < -0.4 is 5.73 Å². The lowest BCUT2D eigenvalue weighted by Crippen LogP contribution is -2.28. The Morgan fingerprint density at radius 3 is 2.57 bits per heavy atom. The van der Waals surface area contributed by atoms with Crippen LogP contribution in [0.4, 0.5) is 8.78 Å². The summed E-state index contributed by atoms with van der Waals surface area (Å²) in [5.41, 5.74) is 4.56. The fraction of sp³-hybridized carbons (Fsp3) is 0.222. The Kier molecular flexibility index (Phi) is 3.18. The summed E-state index contributed by atoms with van der Waals surface area (Å²) < 4.78 is 26.3. The van der Waals surface area contributed by atoms with Crippen LogP contribution in [0.1, 0.15) is 17.3 Å². The highest BCUT2D eigenvalue weighted by molar-refractivity contribution is 6.31. The lowest BCUT2D eigenvalue weighted by molar-refractivity contribution is 0.0959. The van der Waals surface area contributed by atoms with Gasteiger partial charge in [0.25, 0.3) is 0 Å².